The fourth-order valence-corrected chi connectivity index (χ4v) is 3.06. The average molecular weight is 267 g/mol. The van der Waals surface area contributed by atoms with E-state index in [0.717, 1.165) is 12.8 Å². The Balaban J connectivity index is 0.000000980. The van der Waals surface area contributed by atoms with E-state index in [9.17, 15) is 0 Å². The predicted molar refractivity (Wildman–Crippen MR) is 71.1 cm³/mol. The van der Waals surface area contributed by atoms with Crippen LogP contribution in [0.25, 0.3) is 0 Å². The zero-order valence-corrected chi connectivity index (χ0v) is 10.8. The van der Waals surface area contributed by atoms with E-state index < -0.39 is 0 Å². The molecule has 0 spiro atoms. The normalized spacial score (nSPS) is 24.9. The molecule has 15 heavy (non-hydrogen) atoms. The van der Waals surface area contributed by atoms with Crippen molar-refractivity contribution < 1.29 is 0 Å². The molecule has 0 bridgehead atoms. The lowest BCUT2D eigenvalue weighted by molar-refractivity contribution is 0.574. The lowest BCUT2D eigenvalue weighted by Crippen LogP contribution is -2.26. The third kappa shape index (κ3) is 4.19. The van der Waals surface area contributed by atoms with Gasteiger partial charge in [0.1, 0.15) is 0 Å². The molecule has 5 heteroatoms. The van der Waals surface area contributed by atoms with Crippen molar-refractivity contribution in [1.82, 2.24) is 4.98 Å². The Kier molecular flexibility index (Phi) is 7.36. The zero-order valence-electron chi connectivity index (χ0n) is 8.33. The second-order valence-corrected chi connectivity index (χ2v) is 4.74. The van der Waals surface area contributed by atoms with Gasteiger partial charge in [0, 0.05) is 23.7 Å². The number of pyridine rings is 1. The van der Waals surface area contributed by atoms with Gasteiger partial charge in [0.2, 0.25) is 0 Å². The number of halogens is 2. The highest BCUT2D eigenvalue weighted by Crippen LogP contribution is 2.37. The number of nitrogens with two attached hydrogens (primary N) is 1. The van der Waals surface area contributed by atoms with Gasteiger partial charge >= 0.3 is 0 Å². The summed E-state index contributed by atoms with van der Waals surface area (Å²) in [6.45, 7) is 0. The van der Waals surface area contributed by atoms with Crippen LogP contribution in [0.5, 0.6) is 0 Å². The minimum absolute atomic E-state index is 0. The van der Waals surface area contributed by atoms with E-state index >= 15 is 0 Å². The minimum Gasteiger partial charge on any atom is -0.328 e. The summed E-state index contributed by atoms with van der Waals surface area (Å²) >= 11 is 2.00. The van der Waals surface area contributed by atoms with Crippen LogP contribution in [0.15, 0.2) is 24.5 Å². The smallest absolute Gasteiger partial charge is 0.0327 e. The predicted octanol–water partition coefficient (Wildman–Crippen LogP) is 2.82. The summed E-state index contributed by atoms with van der Waals surface area (Å²) in [5.74, 6) is 1.18. The molecule has 1 aliphatic rings. The molecule has 1 aromatic heterocycles. The first-order valence-electron chi connectivity index (χ1n) is 4.63. The van der Waals surface area contributed by atoms with Crippen LogP contribution in [-0.4, -0.2) is 16.8 Å². The van der Waals surface area contributed by atoms with E-state index in [2.05, 4.69) is 11.1 Å². The lowest BCUT2D eigenvalue weighted by Gasteiger charge is -2.26. The fourth-order valence-electron chi connectivity index (χ4n) is 1.62. The van der Waals surface area contributed by atoms with Crippen molar-refractivity contribution in [2.24, 2.45) is 5.73 Å². The Morgan fingerprint density at radius 3 is 2.80 bits per heavy atom. The fraction of sp³-hybridized carbons (Fsp3) is 0.500. The summed E-state index contributed by atoms with van der Waals surface area (Å²) < 4.78 is 0. The maximum atomic E-state index is 5.93. The SMILES string of the molecule is Cl.Cl.NC1CCSC(c2cccnc2)C1. The molecule has 0 saturated carbocycles. The highest BCUT2D eigenvalue weighted by Gasteiger charge is 2.20. The van der Waals surface area contributed by atoms with Gasteiger partial charge in [-0.2, -0.15) is 11.8 Å². The van der Waals surface area contributed by atoms with Gasteiger partial charge in [0.25, 0.3) is 0 Å². The molecule has 2 unspecified atom stereocenters. The molecule has 0 radical (unpaired) electrons. The van der Waals surface area contributed by atoms with Gasteiger partial charge in [-0.25, -0.2) is 0 Å². The van der Waals surface area contributed by atoms with Crippen LogP contribution in [0.3, 0.4) is 0 Å². The maximum absolute atomic E-state index is 5.93. The van der Waals surface area contributed by atoms with Crippen molar-refractivity contribution in [3.05, 3.63) is 30.1 Å². The number of aromatic nitrogens is 1. The second-order valence-electron chi connectivity index (χ2n) is 3.43. The Morgan fingerprint density at radius 1 is 1.40 bits per heavy atom. The van der Waals surface area contributed by atoms with E-state index in [1.54, 1.807) is 0 Å². The summed E-state index contributed by atoms with van der Waals surface area (Å²) in [5, 5.41) is 0.567. The molecule has 1 aliphatic heterocycles. The molecular weight excluding hydrogens is 251 g/mol. The van der Waals surface area contributed by atoms with E-state index in [0.29, 0.717) is 11.3 Å². The molecule has 1 fully saturated rings. The van der Waals surface area contributed by atoms with Crippen molar-refractivity contribution in [3.63, 3.8) is 0 Å². The van der Waals surface area contributed by atoms with Crippen LogP contribution < -0.4 is 5.73 Å². The molecule has 2 rings (SSSR count). The number of hydrogen-bond acceptors (Lipinski definition) is 3. The van der Waals surface area contributed by atoms with E-state index in [1.165, 1.54) is 11.3 Å². The molecule has 2 heterocycles. The van der Waals surface area contributed by atoms with Crippen LogP contribution in [0, 0.1) is 0 Å². The van der Waals surface area contributed by atoms with Gasteiger partial charge in [0.15, 0.2) is 0 Å². The molecule has 2 atom stereocenters. The molecular formula is C10H16Cl2N2S. The van der Waals surface area contributed by atoms with Gasteiger partial charge in [-0.05, 0) is 30.2 Å². The molecule has 86 valence electrons. The highest BCUT2D eigenvalue weighted by atomic mass is 35.5. The quantitative estimate of drug-likeness (QED) is 0.850. The van der Waals surface area contributed by atoms with Crippen LogP contribution >= 0.6 is 36.6 Å². The highest BCUT2D eigenvalue weighted by molar-refractivity contribution is 7.99. The second kappa shape index (κ2) is 7.34. The molecule has 2 N–H and O–H groups in total. The molecule has 2 nitrogen and oxygen atoms in total. The molecule has 1 saturated heterocycles. The summed E-state index contributed by atoms with van der Waals surface area (Å²) in [7, 11) is 0. The minimum atomic E-state index is 0. The summed E-state index contributed by atoms with van der Waals surface area (Å²) in [5.41, 5.74) is 7.25. The first-order chi connectivity index (χ1) is 6.36. The van der Waals surface area contributed by atoms with Crippen LogP contribution in [0.4, 0.5) is 0 Å². The van der Waals surface area contributed by atoms with Crippen molar-refractivity contribution in [2.75, 3.05) is 5.75 Å². The third-order valence-corrected chi connectivity index (χ3v) is 3.72. The lowest BCUT2D eigenvalue weighted by atomic mass is 10.0. The number of rotatable bonds is 1. The number of thioether (sulfide) groups is 1. The van der Waals surface area contributed by atoms with Crippen LogP contribution in [-0.2, 0) is 0 Å². The van der Waals surface area contributed by atoms with E-state index in [4.69, 9.17) is 5.73 Å². The molecule has 0 amide bonds. The monoisotopic (exact) mass is 266 g/mol. The standard InChI is InChI=1S/C10H14N2S.2ClH/c11-9-3-5-13-10(6-9)8-2-1-4-12-7-8;;/h1-2,4,7,9-10H,3,5-6,11H2;2*1H. The number of hydrogen-bond donors (Lipinski definition) is 1. The summed E-state index contributed by atoms with van der Waals surface area (Å²) in [4.78, 5) is 4.13. The van der Waals surface area contributed by atoms with Gasteiger partial charge in [0.05, 0.1) is 0 Å². The third-order valence-electron chi connectivity index (χ3n) is 2.38. The topological polar surface area (TPSA) is 38.9 Å². The average Bonchev–Trinajstić information content (AvgIpc) is 2.19. The largest absolute Gasteiger partial charge is 0.328 e. The Labute approximate surface area is 107 Å². The van der Waals surface area contributed by atoms with E-state index in [1.807, 2.05) is 30.2 Å². The Bertz CT molecular complexity index is 271. The van der Waals surface area contributed by atoms with Crippen LogP contribution in [0.1, 0.15) is 23.7 Å². The summed E-state index contributed by atoms with van der Waals surface area (Å²) in [6.07, 6.45) is 6.02. The Morgan fingerprint density at radius 2 is 2.20 bits per heavy atom. The molecule has 1 aromatic rings. The van der Waals surface area contributed by atoms with E-state index in [-0.39, 0.29) is 24.8 Å². The van der Waals surface area contributed by atoms with Crippen molar-refractivity contribution >= 4 is 36.6 Å². The summed E-state index contributed by atoms with van der Waals surface area (Å²) in [6, 6.07) is 4.52. The van der Waals surface area contributed by atoms with Gasteiger partial charge in [-0.15, -0.1) is 24.8 Å². The van der Waals surface area contributed by atoms with Crippen molar-refractivity contribution in [3.8, 4) is 0 Å². The first-order valence-corrected chi connectivity index (χ1v) is 5.68. The van der Waals surface area contributed by atoms with Crippen molar-refractivity contribution in [2.45, 2.75) is 24.1 Å². The van der Waals surface area contributed by atoms with Gasteiger partial charge in [-0.3, -0.25) is 4.98 Å². The Hall–Kier alpha value is 0.0400. The van der Waals surface area contributed by atoms with Crippen LogP contribution in [0.2, 0.25) is 0 Å². The van der Waals surface area contributed by atoms with Gasteiger partial charge in [-0.1, -0.05) is 6.07 Å². The van der Waals surface area contributed by atoms with Gasteiger partial charge < -0.3 is 5.73 Å². The van der Waals surface area contributed by atoms with Crippen molar-refractivity contribution in [1.29, 1.82) is 0 Å². The zero-order chi connectivity index (χ0) is 9.10. The first kappa shape index (κ1) is 15.0. The molecule has 0 aromatic carbocycles. The maximum Gasteiger partial charge on any atom is 0.0327 e. The number of nitrogens with zero attached hydrogens (tertiary/aromatic N) is 1. The molecule has 0 aliphatic carbocycles.